The minimum atomic E-state index is 0.0849. The van der Waals surface area contributed by atoms with E-state index in [9.17, 15) is 0 Å². The van der Waals surface area contributed by atoms with E-state index in [2.05, 4.69) is 42.6 Å². The molecule has 2 unspecified atom stereocenters. The summed E-state index contributed by atoms with van der Waals surface area (Å²) < 4.78 is 0. The Hall–Kier alpha value is -1.33. The maximum atomic E-state index is 8.82. The highest BCUT2D eigenvalue weighted by Crippen LogP contribution is 2.41. The van der Waals surface area contributed by atoms with Gasteiger partial charge in [0, 0.05) is 12.6 Å². The summed E-state index contributed by atoms with van der Waals surface area (Å²) in [6.07, 6.45) is 2.62. The molecule has 1 saturated carbocycles. The van der Waals surface area contributed by atoms with Gasteiger partial charge >= 0.3 is 0 Å². The van der Waals surface area contributed by atoms with Crippen molar-refractivity contribution in [1.29, 1.82) is 5.26 Å². The van der Waals surface area contributed by atoms with Gasteiger partial charge in [0.05, 0.1) is 12.0 Å². The van der Waals surface area contributed by atoms with Gasteiger partial charge < -0.3 is 5.32 Å². The normalized spacial score (nSPS) is 18.4. The van der Waals surface area contributed by atoms with Crippen LogP contribution in [0.25, 0.3) is 0 Å². The quantitative estimate of drug-likeness (QED) is 0.840. The first-order valence-corrected chi connectivity index (χ1v) is 6.40. The molecule has 2 rings (SSSR count). The van der Waals surface area contributed by atoms with Crippen molar-refractivity contribution in [3.8, 4) is 6.07 Å². The molecule has 1 N–H and O–H groups in total. The summed E-state index contributed by atoms with van der Waals surface area (Å²) in [5.74, 6) is 0.852. The topological polar surface area (TPSA) is 35.8 Å². The first-order valence-electron chi connectivity index (χ1n) is 6.40. The summed E-state index contributed by atoms with van der Waals surface area (Å²) in [6, 6.07) is 11.5. The molecule has 0 saturated heterocycles. The molecule has 0 heterocycles. The number of nitriles is 1. The zero-order valence-electron chi connectivity index (χ0n) is 10.6. The van der Waals surface area contributed by atoms with Crippen LogP contribution in [0.5, 0.6) is 0 Å². The van der Waals surface area contributed by atoms with Crippen LogP contribution in [0, 0.1) is 30.1 Å². The average Bonchev–Trinajstić information content (AvgIpc) is 3.15. The van der Waals surface area contributed by atoms with Crippen LogP contribution in [0.3, 0.4) is 0 Å². The highest BCUT2D eigenvalue weighted by Gasteiger charge is 2.32. The highest BCUT2D eigenvalue weighted by molar-refractivity contribution is 5.25. The lowest BCUT2D eigenvalue weighted by Crippen LogP contribution is -2.27. The molecule has 2 nitrogen and oxygen atoms in total. The molecule has 0 bridgehead atoms. The molecule has 90 valence electrons. The summed E-state index contributed by atoms with van der Waals surface area (Å²) in [6.45, 7) is 4.86. The van der Waals surface area contributed by atoms with Crippen LogP contribution in [-0.2, 0) is 0 Å². The monoisotopic (exact) mass is 228 g/mol. The van der Waals surface area contributed by atoms with Crippen molar-refractivity contribution in [3.05, 3.63) is 35.4 Å². The highest BCUT2D eigenvalue weighted by atomic mass is 14.9. The summed E-state index contributed by atoms with van der Waals surface area (Å²) in [7, 11) is 0. The Morgan fingerprint density at radius 1 is 1.35 bits per heavy atom. The summed E-state index contributed by atoms with van der Waals surface area (Å²) >= 11 is 0. The fourth-order valence-corrected chi connectivity index (χ4v) is 2.11. The van der Waals surface area contributed by atoms with Gasteiger partial charge in [-0.1, -0.05) is 29.8 Å². The molecule has 1 aromatic carbocycles. The lowest BCUT2D eigenvalue weighted by atomic mass is 10.0. The SMILES string of the molecule is Cc1ccc(C(NCC(C)C#N)C2CC2)cc1. The smallest absolute Gasteiger partial charge is 0.0666 e. The zero-order chi connectivity index (χ0) is 12.3. The first kappa shape index (κ1) is 12.1. The van der Waals surface area contributed by atoms with E-state index in [0.717, 1.165) is 12.5 Å². The number of rotatable bonds is 5. The Morgan fingerprint density at radius 2 is 2.00 bits per heavy atom. The van der Waals surface area contributed by atoms with Crippen LogP contribution in [-0.4, -0.2) is 6.54 Å². The standard InChI is InChI=1S/C15H20N2/c1-11-3-5-13(6-4-11)15(14-7-8-14)17-10-12(2)9-16/h3-6,12,14-15,17H,7-8,10H2,1-2H3. The van der Waals surface area contributed by atoms with Gasteiger partial charge in [0.25, 0.3) is 0 Å². The van der Waals surface area contributed by atoms with E-state index in [-0.39, 0.29) is 5.92 Å². The van der Waals surface area contributed by atoms with Crippen molar-refractivity contribution >= 4 is 0 Å². The van der Waals surface area contributed by atoms with Gasteiger partial charge in [-0.05, 0) is 38.2 Å². The van der Waals surface area contributed by atoms with Crippen LogP contribution in [0.4, 0.5) is 0 Å². The second-order valence-electron chi connectivity index (χ2n) is 5.16. The molecular weight excluding hydrogens is 208 g/mol. The minimum absolute atomic E-state index is 0.0849. The van der Waals surface area contributed by atoms with E-state index < -0.39 is 0 Å². The van der Waals surface area contributed by atoms with Gasteiger partial charge in [-0.3, -0.25) is 0 Å². The fraction of sp³-hybridized carbons (Fsp3) is 0.533. The maximum absolute atomic E-state index is 8.82. The van der Waals surface area contributed by atoms with Gasteiger partial charge in [-0.2, -0.15) is 5.26 Å². The number of nitrogens with zero attached hydrogens (tertiary/aromatic N) is 1. The second kappa shape index (κ2) is 5.33. The predicted molar refractivity (Wildman–Crippen MR) is 69.4 cm³/mol. The van der Waals surface area contributed by atoms with Gasteiger partial charge in [0.15, 0.2) is 0 Å². The maximum Gasteiger partial charge on any atom is 0.0666 e. The third kappa shape index (κ3) is 3.31. The molecule has 0 amide bonds. The Kier molecular flexibility index (Phi) is 3.81. The predicted octanol–water partition coefficient (Wildman–Crippen LogP) is 3.20. The lowest BCUT2D eigenvalue weighted by molar-refractivity contribution is 0.457. The van der Waals surface area contributed by atoms with Gasteiger partial charge in [-0.15, -0.1) is 0 Å². The van der Waals surface area contributed by atoms with Gasteiger partial charge in [0.1, 0.15) is 0 Å². The van der Waals surface area contributed by atoms with Crippen molar-refractivity contribution < 1.29 is 0 Å². The minimum Gasteiger partial charge on any atom is -0.308 e. The van der Waals surface area contributed by atoms with Crippen LogP contribution < -0.4 is 5.32 Å². The molecule has 2 atom stereocenters. The van der Waals surface area contributed by atoms with Crippen LogP contribution >= 0.6 is 0 Å². The molecular formula is C15H20N2. The van der Waals surface area contributed by atoms with E-state index in [1.165, 1.54) is 24.0 Å². The molecule has 1 aromatic rings. The number of aryl methyl sites for hydroxylation is 1. The Morgan fingerprint density at radius 3 is 2.53 bits per heavy atom. The van der Waals surface area contributed by atoms with Crippen LogP contribution in [0.1, 0.15) is 36.9 Å². The molecule has 1 aliphatic carbocycles. The number of benzene rings is 1. The molecule has 0 radical (unpaired) electrons. The molecule has 0 aliphatic heterocycles. The Bertz CT molecular complexity index is 398. The summed E-state index contributed by atoms with van der Waals surface area (Å²) in [4.78, 5) is 0. The molecule has 1 fully saturated rings. The van der Waals surface area contributed by atoms with Gasteiger partial charge in [0.2, 0.25) is 0 Å². The van der Waals surface area contributed by atoms with Crippen molar-refractivity contribution in [3.63, 3.8) is 0 Å². The van der Waals surface area contributed by atoms with E-state index in [0.29, 0.717) is 6.04 Å². The number of nitrogens with one attached hydrogen (secondary N) is 1. The van der Waals surface area contributed by atoms with Crippen molar-refractivity contribution in [2.24, 2.45) is 11.8 Å². The van der Waals surface area contributed by atoms with Crippen molar-refractivity contribution in [1.82, 2.24) is 5.32 Å². The summed E-state index contributed by atoms with van der Waals surface area (Å²) in [5, 5.41) is 12.4. The number of hydrogen-bond donors (Lipinski definition) is 1. The average molecular weight is 228 g/mol. The zero-order valence-corrected chi connectivity index (χ0v) is 10.6. The third-order valence-electron chi connectivity index (χ3n) is 3.39. The third-order valence-corrected chi connectivity index (χ3v) is 3.39. The Balaban J connectivity index is 2.02. The fourth-order valence-electron chi connectivity index (χ4n) is 2.11. The lowest BCUT2D eigenvalue weighted by Gasteiger charge is -2.19. The molecule has 1 aliphatic rings. The molecule has 0 aromatic heterocycles. The second-order valence-corrected chi connectivity index (χ2v) is 5.16. The van der Waals surface area contributed by atoms with Gasteiger partial charge in [-0.25, -0.2) is 0 Å². The molecule has 17 heavy (non-hydrogen) atoms. The first-order chi connectivity index (χ1) is 8.20. The van der Waals surface area contributed by atoms with Crippen LogP contribution in [0.2, 0.25) is 0 Å². The Labute approximate surface area is 104 Å². The van der Waals surface area contributed by atoms with E-state index in [4.69, 9.17) is 5.26 Å². The molecule has 0 spiro atoms. The van der Waals surface area contributed by atoms with Crippen molar-refractivity contribution in [2.75, 3.05) is 6.54 Å². The van der Waals surface area contributed by atoms with E-state index >= 15 is 0 Å². The number of hydrogen-bond acceptors (Lipinski definition) is 2. The van der Waals surface area contributed by atoms with Crippen molar-refractivity contribution in [2.45, 2.75) is 32.7 Å². The van der Waals surface area contributed by atoms with E-state index in [1.54, 1.807) is 0 Å². The summed E-state index contributed by atoms with van der Waals surface area (Å²) in [5.41, 5.74) is 2.66. The van der Waals surface area contributed by atoms with Crippen LogP contribution in [0.15, 0.2) is 24.3 Å². The largest absolute Gasteiger partial charge is 0.308 e. The molecule has 2 heteroatoms. The van der Waals surface area contributed by atoms with E-state index in [1.807, 2.05) is 6.92 Å².